The van der Waals surface area contributed by atoms with Gasteiger partial charge in [-0.2, -0.15) is 9.61 Å². The molecule has 6 heteroatoms. The average molecular weight is 382 g/mol. The molecule has 2 unspecified atom stereocenters. The normalized spacial score (nSPS) is 25.6. The summed E-state index contributed by atoms with van der Waals surface area (Å²) < 4.78 is 1.97. The van der Waals surface area contributed by atoms with E-state index in [1.165, 1.54) is 19.3 Å². The first-order valence-corrected chi connectivity index (χ1v) is 10.9. The topological polar surface area (TPSA) is 53.7 Å². The van der Waals surface area contributed by atoms with Crippen molar-refractivity contribution in [2.24, 2.45) is 17.8 Å². The Kier molecular flexibility index (Phi) is 4.52. The van der Waals surface area contributed by atoms with E-state index in [4.69, 9.17) is 0 Å². The number of nitrogens with zero attached hydrogens (tertiary/aromatic N) is 5. The van der Waals surface area contributed by atoms with E-state index in [2.05, 4.69) is 25.9 Å². The van der Waals surface area contributed by atoms with Crippen LogP contribution in [0.2, 0.25) is 0 Å². The number of rotatable bonds is 3. The molecule has 150 valence electrons. The van der Waals surface area contributed by atoms with Gasteiger partial charge in [0.25, 0.3) is 0 Å². The third-order valence-corrected chi connectivity index (χ3v) is 7.14. The maximum atomic E-state index is 12.8. The number of carbonyl (C=O) groups excluding carboxylic acids is 1. The molecule has 0 spiro atoms. The average Bonchev–Trinajstić information content (AvgIpc) is 3.35. The Morgan fingerprint density at radius 3 is 2.46 bits per heavy atom. The van der Waals surface area contributed by atoms with E-state index in [9.17, 15) is 4.79 Å². The van der Waals surface area contributed by atoms with Crippen molar-refractivity contribution in [3.05, 3.63) is 23.5 Å². The van der Waals surface area contributed by atoms with Gasteiger partial charge >= 0.3 is 0 Å². The summed E-state index contributed by atoms with van der Waals surface area (Å²) in [7, 11) is 0. The van der Waals surface area contributed by atoms with E-state index in [0.29, 0.717) is 11.8 Å². The quantitative estimate of drug-likeness (QED) is 0.819. The van der Waals surface area contributed by atoms with Crippen molar-refractivity contribution >= 4 is 17.4 Å². The zero-order valence-electron chi connectivity index (χ0n) is 17.1. The number of amides is 1. The van der Waals surface area contributed by atoms with Crippen molar-refractivity contribution in [2.45, 2.75) is 52.4 Å². The van der Waals surface area contributed by atoms with Crippen molar-refractivity contribution in [1.82, 2.24) is 19.5 Å². The van der Waals surface area contributed by atoms with Gasteiger partial charge in [-0.3, -0.25) is 4.79 Å². The summed E-state index contributed by atoms with van der Waals surface area (Å²) in [5.74, 6) is 3.63. The van der Waals surface area contributed by atoms with Gasteiger partial charge in [-0.1, -0.05) is 6.42 Å². The van der Waals surface area contributed by atoms with Crippen molar-refractivity contribution in [2.75, 3.05) is 31.1 Å². The number of fused-ring (bicyclic) bond motifs is 2. The molecule has 2 aliphatic heterocycles. The number of hydrogen-bond donors (Lipinski definition) is 0. The van der Waals surface area contributed by atoms with Gasteiger partial charge in [-0.05, 0) is 57.3 Å². The molecule has 2 saturated heterocycles. The Morgan fingerprint density at radius 1 is 1.04 bits per heavy atom. The first kappa shape index (κ1) is 18.0. The summed E-state index contributed by atoms with van der Waals surface area (Å²) in [6.45, 7) is 8.08. The van der Waals surface area contributed by atoms with E-state index in [1.54, 1.807) is 0 Å². The number of hydrogen-bond acceptors (Lipinski definition) is 4. The second-order valence-corrected chi connectivity index (χ2v) is 9.20. The zero-order valence-corrected chi connectivity index (χ0v) is 17.1. The van der Waals surface area contributed by atoms with Crippen LogP contribution in [0.3, 0.4) is 0 Å². The number of aromatic nitrogens is 3. The van der Waals surface area contributed by atoms with Crippen molar-refractivity contribution in [3.8, 4) is 0 Å². The minimum absolute atomic E-state index is 0.401. The fourth-order valence-corrected chi connectivity index (χ4v) is 5.60. The third kappa shape index (κ3) is 3.27. The molecule has 1 saturated carbocycles. The van der Waals surface area contributed by atoms with Crippen LogP contribution in [0.25, 0.3) is 5.65 Å². The van der Waals surface area contributed by atoms with Crippen LogP contribution in [-0.2, 0) is 4.79 Å². The zero-order chi connectivity index (χ0) is 19.3. The summed E-state index contributed by atoms with van der Waals surface area (Å²) in [6.07, 6.45) is 6.93. The Bertz CT molecular complexity index is 870. The monoisotopic (exact) mass is 381 g/mol. The van der Waals surface area contributed by atoms with Gasteiger partial charge in [-0.15, -0.1) is 0 Å². The molecule has 5 rings (SSSR count). The minimum atomic E-state index is 0.401. The van der Waals surface area contributed by atoms with Crippen LogP contribution in [0.15, 0.2) is 12.1 Å². The van der Waals surface area contributed by atoms with Crippen LogP contribution >= 0.6 is 0 Å². The van der Waals surface area contributed by atoms with E-state index >= 15 is 0 Å². The largest absolute Gasteiger partial charge is 0.356 e. The Morgan fingerprint density at radius 2 is 1.75 bits per heavy atom. The second-order valence-electron chi connectivity index (χ2n) is 9.20. The molecule has 2 aromatic rings. The summed E-state index contributed by atoms with van der Waals surface area (Å²) in [5.41, 5.74) is 2.94. The van der Waals surface area contributed by atoms with E-state index in [1.807, 2.05) is 24.4 Å². The summed E-state index contributed by atoms with van der Waals surface area (Å²) >= 11 is 0. The first-order valence-electron chi connectivity index (χ1n) is 10.9. The molecule has 28 heavy (non-hydrogen) atoms. The van der Waals surface area contributed by atoms with Gasteiger partial charge in [0.15, 0.2) is 5.65 Å². The van der Waals surface area contributed by atoms with Crippen LogP contribution in [0, 0.1) is 31.6 Å². The van der Waals surface area contributed by atoms with Crippen LogP contribution in [0.1, 0.15) is 49.9 Å². The number of carbonyl (C=O) groups is 1. The fraction of sp³-hybridized carbons (Fsp3) is 0.682. The molecule has 4 heterocycles. The van der Waals surface area contributed by atoms with Crippen LogP contribution in [0.5, 0.6) is 0 Å². The predicted octanol–water partition coefficient (Wildman–Crippen LogP) is 3.21. The second kappa shape index (κ2) is 7.05. The van der Waals surface area contributed by atoms with E-state index in [0.717, 1.165) is 80.1 Å². The van der Waals surface area contributed by atoms with Crippen molar-refractivity contribution in [3.63, 3.8) is 0 Å². The van der Waals surface area contributed by atoms with Gasteiger partial charge < -0.3 is 9.80 Å². The standard InChI is InChI=1S/C22H31N5O/c1-15-11-21(27-20(23-15)10-16(2)24-27)25-8-6-17(7-9-25)12-22(28)26-13-18-4-3-5-19(18)14-26/h10-11,17-19H,3-9,12-14H2,1-2H3. The molecule has 3 aliphatic rings. The van der Waals surface area contributed by atoms with Crippen LogP contribution in [-0.4, -0.2) is 51.6 Å². The number of aryl methyl sites for hydroxylation is 2. The molecule has 0 radical (unpaired) electrons. The number of likely N-dealkylation sites (tertiary alicyclic amines) is 1. The summed E-state index contributed by atoms with van der Waals surface area (Å²) in [5, 5.41) is 4.63. The van der Waals surface area contributed by atoms with E-state index < -0.39 is 0 Å². The Labute approximate surface area is 166 Å². The lowest BCUT2D eigenvalue weighted by Crippen LogP contribution is -2.38. The third-order valence-electron chi connectivity index (χ3n) is 7.14. The van der Waals surface area contributed by atoms with Gasteiger partial charge in [0.1, 0.15) is 5.82 Å². The summed E-state index contributed by atoms with van der Waals surface area (Å²) in [6, 6.07) is 4.17. The SMILES string of the molecule is Cc1cc(N2CCC(CC(=O)N3CC4CCCC4C3)CC2)n2nc(C)cc2n1. The highest BCUT2D eigenvalue weighted by Gasteiger charge is 2.38. The number of anilines is 1. The van der Waals surface area contributed by atoms with Gasteiger partial charge in [0.05, 0.1) is 5.69 Å². The number of piperidine rings is 1. The molecular formula is C22H31N5O. The first-order chi connectivity index (χ1) is 13.6. The Hall–Kier alpha value is -2.11. The smallest absolute Gasteiger partial charge is 0.222 e. The molecule has 3 fully saturated rings. The van der Waals surface area contributed by atoms with Gasteiger partial charge in [0, 0.05) is 50.4 Å². The molecule has 0 bridgehead atoms. The lowest BCUT2D eigenvalue weighted by atomic mass is 9.93. The maximum absolute atomic E-state index is 12.8. The minimum Gasteiger partial charge on any atom is -0.356 e. The van der Waals surface area contributed by atoms with Crippen LogP contribution in [0.4, 0.5) is 5.82 Å². The predicted molar refractivity (Wildman–Crippen MR) is 109 cm³/mol. The van der Waals surface area contributed by atoms with Crippen molar-refractivity contribution < 1.29 is 4.79 Å². The molecule has 1 aliphatic carbocycles. The molecule has 6 nitrogen and oxygen atoms in total. The maximum Gasteiger partial charge on any atom is 0.222 e. The lowest BCUT2D eigenvalue weighted by molar-refractivity contribution is -0.131. The molecule has 0 aromatic carbocycles. The van der Waals surface area contributed by atoms with E-state index in [-0.39, 0.29) is 0 Å². The summed E-state index contributed by atoms with van der Waals surface area (Å²) in [4.78, 5) is 22.0. The fourth-order valence-electron chi connectivity index (χ4n) is 5.60. The highest BCUT2D eigenvalue weighted by Crippen LogP contribution is 2.38. The van der Waals surface area contributed by atoms with Crippen molar-refractivity contribution in [1.29, 1.82) is 0 Å². The molecule has 1 amide bonds. The molecule has 2 atom stereocenters. The van der Waals surface area contributed by atoms with Gasteiger partial charge in [-0.25, -0.2) is 4.98 Å². The molecular weight excluding hydrogens is 350 g/mol. The molecule has 2 aromatic heterocycles. The van der Waals surface area contributed by atoms with Crippen LogP contribution < -0.4 is 4.90 Å². The Balaban J connectivity index is 1.21. The highest BCUT2D eigenvalue weighted by atomic mass is 16.2. The molecule has 0 N–H and O–H groups in total. The highest BCUT2D eigenvalue weighted by molar-refractivity contribution is 5.76. The lowest BCUT2D eigenvalue weighted by Gasteiger charge is -2.34. The van der Waals surface area contributed by atoms with Gasteiger partial charge in [0.2, 0.25) is 5.91 Å².